The van der Waals surface area contributed by atoms with Crippen LogP contribution in [0, 0.1) is 0 Å². The Labute approximate surface area is 120 Å². The summed E-state index contributed by atoms with van der Waals surface area (Å²) in [7, 11) is 0. The number of rotatable bonds is 3. The van der Waals surface area contributed by atoms with Gasteiger partial charge in [0.2, 0.25) is 0 Å². The average molecular weight is 275 g/mol. The highest BCUT2D eigenvalue weighted by molar-refractivity contribution is 5.68. The molecule has 2 aromatic rings. The van der Waals surface area contributed by atoms with Gasteiger partial charge in [0, 0.05) is 18.0 Å². The van der Waals surface area contributed by atoms with Gasteiger partial charge in [0.15, 0.2) is 0 Å². The molecule has 2 rings (SSSR count). The zero-order valence-electron chi connectivity index (χ0n) is 13.3. The van der Waals surface area contributed by atoms with Gasteiger partial charge in [-0.05, 0) is 20.8 Å². The van der Waals surface area contributed by atoms with E-state index in [-0.39, 0.29) is 5.41 Å². The second-order valence-corrected chi connectivity index (χ2v) is 6.44. The number of nitrogen functional groups attached to an aromatic ring is 1. The first-order valence-electron chi connectivity index (χ1n) is 7.16. The van der Waals surface area contributed by atoms with Gasteiger partial charge in [-0.15, -0.1) is 0 Å². The Morgan fingerprint density at radius 1 is 1.30 bits per heavy atom. The summed E-state index contributed by atoms with van der Waals surface area (Å²) in [6.07, 6.45) is 3.67. The second kappa shape index (κ2) is 4.96. The van der Waals surface area contributed by atoms with Gasteiger partial charge in [0.05, 0.1) is 18.2 Å². The first-order valence-corrected chi connectivity index (χ1v) is 7.16. The molecule has 0 saturated carbocycles. The van der Waals surface area contributed by atoms with E-state index in [2.05, 4.69) is 55.7 Å². The first-order chi connectivity index (χ1) is 9.27. The van der Waals surface area contributed by atoms with Crippen LogP contribution in [0.1, 0.15) is 53.4 Å². The maximum absolute atomic E-state index is 6.33. The third-order valence-electron chi connectivity index (χ3n) is 3.46. The number of anilines is 1. The lowest BCUT2D eigenvalue weighted by molar-refractivity contribution is 0.508. The van der Waals surface area contributed by atoms with Crippen molar-refractivity contribution in [1.82, 2.24) is 19.1 Å². The van der Waals surface area contributed by atoms with Crippen LogP contribution in [-0.2, 0) is 12.0 Å². The Morgan fingerprint density at radius 2 is 1.95 bits per heavy atom. The van der Waals surface area contributed by atoms with Crippen molar-refractivity contribution >= 4 is 5.82 Å². The molecule has 0 aromatic carbocycles. The minimum atomic E-state index is -0.0366. The normalized spacial score (nSPS) is 12.3. The Kier molecular flexibility index (Phi) is 3.63. The Balaban J connectivity index is 2.64. The Bertz CT molecular complexity index is 598. The molecule has 0 radical (unpaired) electrons. The van der Waals surface area contributed by atoms with Crippen LogP contribution in [0.2, 0.25) is 0 Å². The summed E-state index contributed by atoms with van der Waals surface area (Å²) in [5, 5.41) is 0. The number of nitrogens with zero attached hydrogens (tertiary/aromatic N) is 4. The van der Waals surface area contributed by atoms with E-state index in [1.807, 2.05) is 12.5 Å². The number of imidazole rings is 2. The zero-order chi connectivity index (χ0) is 15.1. The molecular formula is C15H25N5. The fourth-order valence-electron chi connectivity index (χ4n) is 2.45. The van der Waals surface area contributed by atoms with Gasteiger partial charge in [-0.2, -0.15) is 0 Å². The van der Waals surface area contributed by atoms with Crippen molar-refractivity contribution in [3.63, 3.8) is 0 Å². The molecule has 0 amide bonds. The summed E-state index contributed by atoms with van der Waals surface area (Å²) < 4.78 is 4.19. The Morgan fingerprint density at radius 3 is 2.40 bits per heavy atom. The van der Waals surface area contributed by atoms with Gasteiger partial charge < -0.3 is 14.9 Å². The fraction of sp³-hybridized carbons (Fsp3) is 0.600. The largest absolute Gasteiger partial charge is 0.383 e. The molecule has 2 heterocycles. The van der Waals surface area contributed by atoms with Crippen molar-refractivity contribution in [2.75, 3.05) is 5.73 Å². The topological polar surface area (TPSA) is 61.7 Å². The van der Waals surface area contributed by atoms with Crippen LogP contribution in [-0.4, -0.2) is 19.1 Å². The van der Waals surface area contributed by atoms with E-state index in [4.69, 9.17) is 10.7 Å². The summed E-state index contributed by atoms with van der Waals surface area (Å²) in [6, 6.07) is 0.330. The van der Waals surface area contributed by atoms with E-state index >= 15 is 0 Å². The van der Waals surface area contributed by atoms with Crippen LogP contribution in [0.3, 0.4) is 0 Å². The van der Waals surface area contributed by atoms with Gasteiger partial charge in [-0.3, -0.25) is 0 Å². The summed E-state index contributed by atoms with van der Waals surface area (Å²) >= 11 is 0. The van der Waals surface area contributed by atoms with Gasteiger partial charge in [0.25, 0.3) is 0 Å². The molecule has 0 aliphatic carbocycles. The fourth-order valence-corrected chi connectivity index (χ4v) is 2.45. The predicted octanol–water partition coefficient (Wildman–Crippen LogP) is 3.23. The molecule has 2 N–H and O–H groups in total. The van der Waals surface area contributed by atoms with E-state index in [9.17, 15) is 0 Å². The number of aromatic nitrogens is 4. The average Bonchev–Trinajstić information content (AvgIpc) is 2.91. The van der Waals surface area contributed by atoms with Gasteiger partial charge in [0.1, 0.15) is 17.3 Å². The van der Waals surface area contributed by atoms with E-state index < -0.39 is 0 Å². The SMILES string of the molecule is CCn1c(C(C)(C)C)nc(-c2cncn2C(C)C)c1N. The van der Waals surface area contributed by atoms with E-state index in [1.54, 1.807) is 0 Å². The molecular weight excluding hydrogens is 250 g/mol. The molecule has 5 heteroatoms. The van der Waals surface area contributed by atoms with Gasteiger partial charge >= 0.3 is 0 Å². The highest BCUT2D eigenvalue weighted by Gasteiger charge is 2.26. The summed E-state index contributed by atoms with van der Waals surface area (Å²) in [5.41, 5.74) is 8.11. The van der Waals surface area contributed by atoms with Crippen LogP contribution in [0.15, 0.2) is 12.5 Å². The highest BCUT2D eigenvalue weighted by Crippen LogP contribution is 2.32. The minimum absolute atomic E-state index is 0.0366. The first kappa shape index (κ1) is 14.6. The molecule has 0 saturated heterocycles. The number of nitrogens with two attached hydrogens (primary N) is 1. The van der Waals surface area contributed by atoms with Crippen LogP contribution in [0.25, 0.3) is 11.4 Å². The summed E-state index contributed by atoms with van der Waals surface area (Å²) in [5.74, 6) is 1.74. The maximum Gasteiger partial charge on any atom is 0.133 e. The van der Waals surface area contributed by atoms with Crippen molar-refractivity contribution in [3.8, 4) is 11.4 Å². The lowest BCUT2D eigenvalue weighted by Gasteiger charge is -2.19. The quantitative estimate of drug-likeness (QED) is 0.935. The molecule has 0 spiro atoms. The van der Waals surface area contributed by atoms with E-state index in [0.717, 1.165) is 29.6 Å². The van der Waals surface area contributed by atoms with Crippen LogP contribution in [0.5, 0.6) is 0 Å². The highest BCUT2D eigenvalue weighted by atomic mass is 15.2. The summed E-state index contributed by atoms with van der Waals surface area (Å²) in [6.45, 7) is 13.6. The van der Waals surface area contributed by atoms with Gasteiger partial charge in [-0.25, -0.2) is 9.97 Å². The molecule has 110 valence electrons. The van der Waals surface area contributed by atoms with Crippen molar-refractivity contribution in [1.29, 1.82) is 0 Å². The second-order valence-electron chi connectivity index (χ2n) is 6.44. The van der Waals surface area contributed by atoms with Crippen molar-refractivity contribution < 1.29 is 0 Å². The van der Waals surface area contributed by atoms with Crippen molar-refractivity contribution in [2.45, 2.75) is 59.5 Å². The third kappa shape index (κ3) is 2.32. The molecule has 0 aliphatic heterocycles. The predicted molar refractivity (Wildman–Crippen MR) is 82.6 cm³/mol. The van der Waals surface area contributed by atoms with E-state index in [0.29, 0.717) is 6.04 Å². The standard InChI is InChI=1S/C15H25N5/c1-7-19-13(16)12(18-14(19)15(4,5)6)11-8-17-9-20(11)10(2)3/h8-10H,7,16H2,1-6H3. The molecule has 20 heavy (non-hydrogen) atoms. The monoisotopic (exact) mass is 275 g/mol. The number of hydrogen-bond acceptors (Lipinski definition) is 3. The maximum atomic E-state index is 6.33. The molecule has 0 unspecified atom stereocenters. The smallest absolute Gasteiger partial charge is 0.133 e. The van der Waals surface area contributed by atoms with E-state index in [1.165, 1.54) is 0 Å². The molecule has 0 fully saturated rings. The number of hydrogen-bond donors (Lipinski definition) is 1. The molecule has 2 aromatic heterocycles. The molecule has 0 atom stereocenters. The van der Waals surface area contributed by atoms with Crippen LogP contribution >= 0.6 is 0 Å². The van der Waals surface area contributed by atoms with Crippen molar-refractivity contribution in [2.24, 2.45) is 0 Å². The lowest BCUT2D eigenvalue weighted by Crippen LogP contribution is -2.19. The Hall–Kier alpha value is -1.78. The molecule has 0 aliphatic rings. The van der Waals surface area contributed by atoms with Gasteiger partial charge in [-0.1, -0.05) is 20.8 Å². The van der Waals surface area contributed by atoms with Crippen molar-refractivity contribution in [3.05, 3.63) is 18.3 Å². The van der Waals surface area contributed by atoms with Crippen LogP contribution in [0.4, 0.5) is 5.82 Å². The molecule has 0 bridgehead atoms. The lowest BCUT2D eigenvalue weighted by atomic mass is 9.96. The molecule has 5 nitrogen and oxygen atoms in total. The van der Waals surface area contributed by atoms with Crippen LogP contribution < -0.4 is 5.73 Å². The minimum Gasteiger partial charge on any atom is -0.383 e. The third-order valence-corrected chi connectivity index (χ3v) is 3.46. The zero-order valence-corrected chi connectivity index (χ0v) is 13.3. The summed E-state index contributed by atoms with van der Waals surface area (Å²) in [4.78, 5) is 9.06.